The van der Waals surface area contributed by atoms with E-state index < -0.39 is 0 Å². The molecule has 2 N–H and O–H groups in total. The average Bonchev–Trinajstić information content (AvgIpc) is 3.55. The highest BCUT2D eigenvalue weighted by molar-refractivity contribution is 7.14. The van der Waals surface area contributed by atoms with Crippen molar-refractivity contribution in [3.8, 4) is 0 Å². The molecule has 2 fully saturated rings. The molecule has 37 heavy (non-hydrogen) atoms. The number of hydrogen-bond acceptors (Lipinski definition) is 8. The quantitative estimate of drug-likeness (QED) is 0.484. The van der Waals surface area contributed by atoms with Crippen LogP contribution in [-0.4, -0.2) is 79.3 Å². The van der Waals surface area contributed by atoms with E-state index in [2.05, 4.69) is 39.3 Å². The van der Waals surface area contributed by atoms with Crippen molar-refractivity contribution in [1.29, 1.82) is 0 Å². The standard InChI is InChI=1S/C27H39N5O4S/c1-5-10-28-24(33)21-14-19(15-32-12-13-35-18-27(32,3)4)7-8-22(21)29-25(34)23-17-37-26(30-23)31-11-9-20(16-31)36-6-2/h7-8,14,17,20H,5-6,9-13,15-16,18H2,1-4H3,(H,28,33)(H,29,34)/t20-/m0/s1. The summed E-state index contributed by atoms with van der Waals surface area (Å²) >= 11 is 1.45. The number of thiazole rings is 1. The van der Waals surface area contributed by atoms with E-state index in [1.807, 2.05) is 32.0 Å². The van der Waals surface area contributed by atoms with Crippen molar-refractivity contribution in [3.05, 3.63) is 40.4 Å². The smallest absolute Gasteiger partial charge is 0.275 e. The average molecular weight is 530 g/mol. The molecule has 202 valence electrons. The van der Waals surface area contributed by atoms with Gasteiger partial charge in [0.1, 0.15) is 5.69 Å². The third-order valence-electron chi connectivity index (χ3n) is 6.85. The predicted octanol–water partition coefficient (Wildman–Crippen LogP) is 3.76. The second-order valence-electron chi connectivity index (χ2n) is 10.2. The summed E-state index contributed by atoms with van der Waals surface area (Å²) in [4.78, 5) is 35.3. The van der Waals surface area contributed by atoms with Crippen LogP contribution in [0.2, 0.25) is 0 Å². The number of morpholine rings is 1. The number of benzene rings is 1. The molecule has 2 aliphatic rings. The van der Waals surface area contributed by atoms with Crippen LogP contribution in [-0.2, 0) is 16.0 Å². The minimum Gasteiger partial charge on any atom is -0.378 e. The SMILES string of the molecule is CCCNC(=O)c1cc(CN2CCOCC2(C)C)ccc1NC(=O)c1csc(N2CC[C@H](OCC)C2)n1. The molecule has 0 spiro atoms. The Hall–Kier alpha value is -2.53. The summed E-state index contributed by atoms with van der Waals surface area (Å²) in [5.74, 6) is -0.520. The molecule has 9 nitrogen and oxygen atoms in total. The molecule has 2 saturated heterocycles. The fourth-order valence-corrected chi connectivity index (χ4v) is 5.54. The molecule has 2 aromatic rings. The summed E-state index contributed by atoms with van der Waals surface area (Å²) in [7, 11) is 0. The lowest BCUT2D eigenvalue weighted by molar-refractivity contribution is -0.0552. The van der Waals surface area contributed by atoms with Gasteiger partial charge in [-0.2, -0.15) is 0 Å². The van der Waals surface area contributed by atoms with Gasteiger partial charge in [-0.15, -0.1) is 11.3 Å². The lowest BCUT2D eigenvalue weighted by Crippen LogP contribution is -2.52. The van der Waals surface area contributed by atoms with Crippen molar-refractivity contribution in [2.24, 2.45) is 0 Å². The van der Waals surface area contributed by atoms with Crippen molar-refractivity contribution in [1.82, 2.24) is 15.2 Å². The van der Waals surface area contributed by atoms with Crippen molar-refractivity contribution >= 4 is 34.0 Å². The number of nitrogens with zero attached hydrogens (tertiary/aromatic N) is 3. The minimum absolute atomic E-state index is 0.0872. The van der Waals surface area contributed by atoms with Crippen LogP contribution >= 0.6 is 11.3 Å². The highest BCUT2D eigenvalue weighted by Crippen LogP contribution is 2.28. The minimum atomic E-state index is -0.324. The lowest BCUT2D eigenvalue weighted by Gasteiger charge is -2.42. The third kappa shape index (κ3) is 6.87. The largest absolute Gasteiger partial charge is 0.378 e. The van der Waals surface area contributed by atoms with Gasteiger partial charge in [0.05, 0.1) is 30.6 Å². The number of amides is 2. The number of aromatic nitrogens is 1. The van der Waals surface area contributed by atoms with E-state index in [0.29, 0.717) is 49.9 Å². The first kappa shape index (κ1) is 27.5. The van der Waals surface area contributed by atoms with E-state index in [-0.39, 0.29) is 23.5 Å². The molecule has 0 aliphatic carbocycles. The van der Waals surface area contributed by atoms with Crippen LogP contribution in [0.1, 0.15) is 66.9 Å². The molecule has 1 atom stereocenters. The Kier molecular flexibility index (Phi) is 9.17. The number of nitrogens with one attached hydrogen (secondary N) is 2. The first-order valence-corrected chi connectivity index (χ1v) is 14.1. The van der Waals surface area contributed by atoms with Gasteiger partial charge >= 0.3 is 0 Å². The van der Waals surface area contributed by atoms with Gasteiger partial charge in [-0.1, -0.05) is 13.0 Å². The maximum Gasteiger partial charge on any atom is 0.275 e. The van der Waals surface area contributed by atoms with E-state index in [1.54, 1.807) is 5.38 Å². The number of carbonyl (C=O) groups is 2. The fraction of sp³-hybridized carbons (Fsp3) is 0.593. The van der Waals surface area contributed by atoms with Gasteiger partial charge in [0, 0.05) is 50.2 Å². The second kappa shape index (κ2) is 12.3. The number of carbonyl (C=O) groups excluding carboxylic acids is 2. The molecular formula is C27H39N5O4S. The Bertz CT molecular complexity index is 1090. The summed E-state index contributed by atoms with van der Waals surface area (Å²) in [5, 5.41) is 8.47. The molecule has 0 bridgehead atoms. The Balaban J connectivity index is 1.49. The number of ether oxygens (including phenoxy) is 2. The van der Waals surface area contributed by atoms with Crippen molar-refractivity contribution in [2.45, 2.75) is 58.7 Å². The van der Waals surface area contributed by atoms with E-state index >= 15 is 0 Å². The van der Waals surface area contributed by atoms with E-state index in [9.17, 15) is 9.59 Å². The highest BCUT2D eigenvalue weighted by atomic mass is 32.1. The fourth-order valence-electron chi connectivity index (χ4n) is 4.70. The van der Waals surface area contributed by atoms with Gasteiger partial charge < -0.3 is 25.0 Å². The summed E-state index contributed by atoms with van der Waals surface area (Å²) in [5.41, 5.74) is 2.22. The first-order valence-electron chi connectivity index (χ1n) is 13.2. The highest BCUT2D eigenvalue weighted by Gasteiger charge is 2.31. The van der Waals surface area contributed by atoms with Gasteiger partial charge in [0.15, 0.2) is 5.13 Å². The first-order chi connectivity index (χ1) is 17.8. The summed E-state index contributed by atoms with van der Waals surface area (Å²) < 4.78 is 11.4. The van der Waals surface area contributed by atoms with Crippen LogP contribution in [0.25, 0.3) is 0 Å². The van der Waals surface area contributed by atoms with Crippen LogP contribution in [0.3, 0.4) is 0 Å². The molecule has 0 unspecified atom stereocenters. The van der Waals surface area contributed by atoms with Crippen molar-refractivity contribution in [2.75, 3.05) is 56.2 Å². The van der Waals surface area contributed by atoms with Crippen LogP contribution in [0.4, 0.5) is 10.8 Å². The van der Waals surface area contributed by atoms with Gasteiger partial charge in [-0.25, -0.2) is 4.98 Å². The van der Waals surface area contributed by atoms with Crippen LogP contribution in [0.15, 0.2) is 23.6 Å². The van der Waals surface area contributed by atoms with Gasteiger partial charge in [-0.05, 0) is 51.3 Å². The van der Waals surface area contributed by atoms with Crippen LogP contribution in [0.5, 0.6) is 0 Å². The summed E-state index contributed by atoms with van der Waals surface area (Å²) in [6, 6.07) is 5.68. The number of rotatable bonds is 10. The van der Waals surface area contributed by atoms with Crippen LogP contribution < -0.4 is 15.5 Å². The maximum absolute atomic E-state index is 13.1. The van der Waals surface area contributed by atoms with Crippen LogP contribution in [0, 0.1) is 0 Å². The Morgan fingerprint density at radius 3 is 2.84 bits per heavy atom. The Morgan fingerprint density at radius 2 is 2.08 bits per heavy atom. The number of anilines is 2. The molecule has 2 aliphatic heterocycles. The van der Waals surface area contributed by atoms with E-state index in [4.69, 9.17) is 9.47 Å². The van der Waals surface area contributed by atoms with E-state index in [0.717, 1.165) is 43.2 Å². The van der Waals surface area contributed by atoms with Crippen molar-refractivity contribution < 1.29 is 19.1 Å². The molecule has 4 rings (SSSR count). The molecule has 2 amide bonds. The molecule has 1 aromatic carbocycles. The molecule has 0 radical (unpaired) electrons. The zero-order chi connectivity index (χ0) is 26.4. The zero-order valence-electron chi connectivity index (χ0n) is 22.3. The normalized spacial score (nSPS) is 19.7. The summed E-state index contributed by atoms with van der Waals surface area (Å²) in [6.07, 6.45) is 1.99. The molecule has 0 saturated carbocycles. The van der Waals surface area contributed by atoms with Crippen molar-refractivity contribution in [3.63, 3.8) is 0 Å². The van der Waals surface area contributed by atoms with Gasteiger partial charge in [0.25, 0.3) is 11.8 Å². The number of hydrogen-bond donors (Lipinski definition) is 2. The van der Waals surface area contributed by atoms with E-state index in [1.165, 1.54) is 11.3 Å². The van der Waals surface area contributed by atoms with Gasteiger partial charge in [0.2, 0.25) is 0 Å². The molecule has 3 heterocycles. The monoisotopic (exact) mass is 529 g/mol. The Labute approximate surface area is 223 Å². The predicted molar refractivity (Wildman–Crippen MR) is 147 cm³/mol. The Morgan fingerprint density at radius 1 is 1.24 bits per heavy atom. The second-order valence-corrected chi connectivity index (χ2v) is 11.0. The molecule has 10 heteroatoms. The lowest BCUT2D eigenvalue weighted by atomic mass is 10.00. The topological polar surface area (TPSA) is 96.0 Å². The third-order valence-corrected chi connectivity index (χ3v) is 7.75. The van der Waals surface area contributed by atoms with Gasteiger partial charge in [-0.3, -0.25) is 14.5 Å². The summed E-state index contributed by atoms with van der Waals surface area (Å²) in [6.45, 7) is 14.1. The molecular weight excluding hydrogens is 490 g/mol. The molecule has 1 aromatic heterocycles. The zero-order valence-corrected chi connectivity index (χ0v) is 23.2. The maximum atomic E-state index is 13.1.